The van der Waals surface area contributed by atoms with Crippen LogP contribution < -0.4 is 5.32 Å². The molecule has 1 heterocycles. The largest absolute Gasteiger partial charge is 0.307 e. The second-order valence-electron chi connectivity index (χ2n) is 3.09. The third-order valence-electron chi connectivity index (χ3n) is 1.98. The molecule has 0 fully saturated rings. The Labute approximate surface area is 91.1 Å². The fraction of sp³-hybridized carbons (Fsp3) is 0.200. The van der Waals surface area contributed by atoms with Crippen LogP contribution in [-0.4, -0.2) is 9.59 Å². The van der Waals surface area contributed by atoms with E-state index in [1.54, 1.807) is 12.1 Å². The van der Waals surface area contributed by atoms with Crippen molar-refractivity contribution in [2.45, 2.75) is 13.1 Å². The standard InChI is InChI=1S/C10H10FN3S/c11-10-4-2-1-3-8(10)5-12-6-9-7-15-14-13-9/h1-4,7,12H,5-6H2. The molecule has 0 aliphatic rings. The number of benzene rings is 1. The van der Waals surface area contributed by atoms with Crippen LogP contribution in [0.4, 0.5) is 4.39 Å². The van der Waals surface area contributed by atoms with Gasteiger partial charge >= 0.3 is 0 Å². The van der Waals surface area contributed by atoms with Crippen LogP contribution in [-0.2, 0) is 13.1 Å². The topological polar surface area (TPSA) is 37.8 Å². The summed E-state index contributed by atoms with van der Waals surface area (Å²) in [5.74, 6) is -0.179. The lowest BCUT2D eigenvalue weighted by atomic mass is 10.2. The van der Waals surface area contributed by atoms with Gasteiger partial charge in [0.2, 0.25) is 0 Å². The molecule has 0 radical (unpaired) electrons. The summed E-state index contributed by atoms with van der Waals surface area (Å²) in [6, 6.07) is 6.73. The second kappa shape index (κ2) is 4.95. The molecular formula is C10H10FN3S. The third kappa shape index (κ3) is 2.81. The molecule has 15 heavy (non-hydrogen) atoms. The van der Waals surface area contributed by atoms with Gasteiger partial charge in [-0.05, 0) is 17.6 Å². The quantitative estimate of drug-likeness (QED) is 0.861. The van der Waals surface area contributed by atoms with Crippen LogP contribution >= 0.6 is 11.5 Å². The number of nitrogens with one attached hydrogen (secondary N) is 1. The zero-order valence-electron chi connectivity index (χ0n) is 7.98. The highest BCUT2D eigenvalue weighted by molar-refractivity contribution is 7.03. The molecule has 3 nitrogen and oxygen atoms in total. The van der Waals surface area contributed by atoms with Gasteiger partial charge in [-0.2, -0.15) is 0 Å². The van der Waals surface area contributed by atoms with Crippen LogP contribution in [0.3, 0.4) is 0 Å². The summed E-state index contributed by atoms with van der Waals surface area (Å²) < 4.78 is 16.9. The highest BCUT2D eigenvalue weighted by Gasteiger charge is 2.00. The minimum atomic E-state index is -0.179. The SMILES string of the molecule is Fc1ccccc1CNCc1csnn1. The van der Waals surface area contributed by atoms with E-state index in [0.717, 1.165) is 5.69 Å². The van der Waals surface area contributed by atoms with Gasteiger partial charge in [0.25, 0.3) is 0 Å². The van der Waals surface area contributed by atoms with Crippen LogP contribution in [0, 0.1) is 5.82 Å². The van der Waals surface area contributed by atoms with E-state index in [4.69, 9.17) is 0 Å². The van der Waals surface area contributed by atoms with Gasteiger partial charge in [-0.25, -0.2) is 4.39 Å². The second-order valence-corrected chi connectivity index (χ2v) is 3.70. The van der Waals surface area contributed by atoms with E-state index in [9.17, 15) is 4.39 Å². The van der Waals surface area contributed by atoms with Gasteiger partial charge in [0.1, 0.15) is 5.82 Å². The Morgan fingerprint density at radius 1 is 1.27 bits per heavy atom. The molecule has 0 atom stereocenters. The Morgan fingerprint density at radius 3 is 2.87 bits per heavy atom. The first-order chi connectivity index (χ1) is 7.36. The fourth-order valence-corrected chi connectivity index (χ4v) is 1.68. The molecule has 0 amide bonds. The van der Waals surface area contributed by atoms with Crippen molar-refractivity contribution in [3.63, 3.8) is 0 Å². The Morgan fingerprint density at radius 2 is 2.13 bits per heavy atom. The van der Waals surface area contributed by atoms with E-state index < -0.39 is 0 Å². The predicted octanol–water partition coefficient (Wildman–Crippen LogP) is 1.97. The van der Waals surface area contributed by atoms with Crippen molar-refractivity contribution in [1.29, 1.82) is 0 Å². The van der Waals surface area contributed by atoms with E-state index in [0.29, 0.717) is 18.7 Å². The lowest BCUT2D eigenvalue weighted by Gasteiger charge is -2.03. The first-order valence-corrected chi connectivity index (χ1v) is 5.40. The average molecular weight is 223 g/mol. The summed E-state index contributed by atoms with van der Waals surface area (Å²) in [5.41, 5.74) is 1.55. The van der Waals surface area contributed by atoms with Crippen molar-refractivity contribution in [3.8, 4) is 0 Å². The maximum absolute atomic E-state index is 13.2. The first-order valence-electron chi connectivity index (χ1n) is 4.56. The Bertz CT molecular complexity index is 416. The van der Waals surface area contributed by atoms with Crippen LogP contribution in [0.1, 0.15) is 11.3 Å². The number of hydrogen-bond donors (Lipinski definition) is 1. The van der Waals surface area contributed by atoms with Gasteiger partial charge in [0.05, 0.1) is 5.69 Å². The lowest BCUT2D eigenvalue weighted by Crippen LogP contribution is -2.13. The molecule has 0 saturated heterocycles. The van der Waals surface area contributed by atoms with Crippen molar-refractivity contribution in [2.75, 3.05) is 0 Å². The van der Waals surface area contributed by atoms with Crippen molar-refractivity contribution >= 4 is 11.5 Å². The van der Waals surface area contributed by atoms with Crippen molar-refractivity contribution in [2.24, 2.45) is 0 Å². The molecular weight excluding hydrogens is 213 g/mol. The van der Waals surface area contributed by atoms with E-state index in [1.165, 1.54) is 17.6 Å². The normalized spacial score (nSPS) is 10.5. The molecule has 1 aromatic heterocycles. The zero-order valence-corrected chi connectivity index (χ0v) is 8.80. The first kappa shape index (κ1) is 10.2. The minimum absolute atomic E-state index is 0.179. The van der Waals surface area contributed by atoms with E-state index in [1.807, 2.05) is 11.4 Å². The predicted molar refractivity (Wildman–Crippen MR) is 56.9 cm³/mol. The minimum Gasteiger partial charge on any atom is -0.307 e. The molecule has 0 aliphatic carbocycles. The van der Waals surface area contributed by atoms with Gasteiger partial charge < -0.3 is 5.32 Å². The molecule has 2 rings (SSSR count). The van der Waals surface area contributed by atoms with Crippen molar-refractivity contribution in [1.82, 2.24) is 14.9 Å². The number of aromatic nitrogens is 2. The highest BCUT2D eigenvalue weighted by Crippen LogP contribution is 2.06. The maximum atomic E-state index is 13.2. The molecule has 0 bridgehead atoms. The Hall–Kier alpha value is -1.33. The van der Waals surface area contributed by atoms with Crippen LogP contribution in [0.15, 0.2) is 29.6 Å². The number of hydrogen-bond acceptors (Lipinski definition) is 4. The van der Waals surface area contributed by atoms with Gasteiger partial charge in [0, 0.05) is 24.0 Å². The molecule has 0 saturated carbocycles. The van der Waals surface area contributed by atoms with Crippen molar-refractivity contribution in [3.05, 3.63) is 46.7 Å². The monoisotopic (exact) mass is 223 g/mol. The summed E-state index contributed by atoms with van der Waals surface area (Å²) >= 11 is 1.31. The zero-order chi connectivity index (χ0) is 10.5. The van der Waals surface area contributed by atoms with Crippen LogP contribution in [0.25, 0.3) is 0 Å². The summed E-state index contributed by atoms with van der Waals surface area (Å²) in [6.45, 7) is 1.12. The van der Waals surface area contributed by atoms with Gasteiger partial charge in [-0.3, -0.25) is 0 Å². The number of halogens is 1. The molecule has 1 aromatic carbocycles. The summed E-state index contributed by atoms with van der Waals surface area (Å²) in [7, 11) is 0. The third-order valence-corrected chi connectivity index (χ3v) is 2.54. The average Bonchev–Trinajstić information content (AvgIpc) is 2.74. The summed E-state index contributed by atoms with van der Waals surface area (Å²) in [6.07, 6.45) is 0. The van der Waals surface area contributed by atoms with Gasteiger partial charge in [-0.15, -0.1) is 5.10 Å². The summed E-state index contributed by atoms with van der Waals surface area (Å²) in [5, 5.41) is 8.86. The van der Waals surface area contributed by atoms with Crippen LogP contribution in [0.2, 0.25) is 0 Å². The smallest absolute Gasteiger partial charge is 0.127 e. The lowest BCUT2D eigenvalue weighted by molar-refractivity contribution is 0.585. The van der Waals surface area contributed by atoms with E-state index >= 15 is 0 Å². The van der Waals surface area contributed by atoms with Gasteiger partial charge in [-0.1, -0.05) is 22.7 Å². The molecule has 0 aliphatic heterocycles. The maximum Gasteiger partial charge on any atom is 0.127 e. The Balaban J connectivity index is 1.86. The highest BCUT2D eigenvalue weighted by atomic mass is 32.1. The molecule has 0 spiro atoms. The fourth-order valence-electron chi connectivity index (χ4n) is 1.23. The molecule has 5 heteroatoms. The molecule has 78 valence electrons. The van der Waals surface area contributed by atoms with E-state index in [2.05, 4.69) is 14.9 Å². The summed E-state index contributed by atoms with van der Waals surface area (Å²) in [4.78, 5) is 0. The molecule has 1 N–H and O–H groups in total. The van der Waals surface area contributed by atoms with Gasteiger partial charge in [0.15, 0.2) is 0 Å². The van der Waals surface area contributed by atoms with E-state index in [-0.39, 0.29) is 5.82 Å². The molecule has 2 aromatic rings. The Kier molecular flexibility index (Phi) is 3.37. The number of nitrogens with zero attached hydrogens (tertiary/aromatic N) is 2. The van der Waals surface area contributed by atoms with Crippen LogP contribution in [0.5, 0.6) is 0 Å². The molecule has 0 unspecified atom stereocenters. The van der Waals surface area contributed by atoms with Crippen molar-refractivity contribution < 1.29 is 4.39 Å². The number of rotatable bonds is 4.